The van der Waals surface area contributed by atoms with Crippen LogP contribution in [0, 0.1) is 25.5 Å². The zero-order chi connectivity index (χ0) is 14.4. The number of nitrogens with one attached hydrogen (secondary N) is 1. The summed E-state index contributed by atoms with van der Waals surface area (Å²) < 4.78 is 7.51. The van der Waals surface area contributed by atoms with Gasteiger partial charge in [0, 0.05) is 4.88 Å². The van der Waals surface area contributed by atoms with Crippen LogP contribution in [0.15, 0.2) is 21.3 Å². The van der Waals surface area contributed by atoms with E-state index in [0.717, 1.165) is 32.2 Å². The van der Waals surface area contributed by atoms with E-state index < -0.39 is 0 Å². The highest BCUT2D eigenvalue weighted by Crippen LogP contribution is 2.25. The van der Waals surface area contributed by atoms with E-state index in [4.69, 9.17) is 16.6 Å². The molecule has 0 spiro atoms. The molecule has 0 radical (unpaired) electrons. The zero-order valence-electron chi connectivity index (χ0n) is 11.4. The number of hydrogen-bond acceptors (Lipinski definition) is 4. The van der Waals surface area contributed by atoms with Crippen molar-refractivity contribution in [3.63, 3.8) is 0 Å². The molecule has 0 bridgehead atoms. The maximum atomic E-state index is 12.6. The molecule has 0 fully saturated rings. The van der Waals surface area contributed by atoms with Gasteiger partial charge >= 0.3 is 0 Å². The van der Waals surface area contributed by atoms with Crippen LogP contribution >= 0.6 is 23.6 Å². The Morgan fingerprint density at radius 1 is 1.35 bits per heavy atom. The van der Waals surface area contributed by atoms with E-state index in [9.17, 15) is 4.79 Å². The van der Waals surface area contributed by atoms with E-state index in [2.05, 4.69) is 4.98 Å². The Hall–Kier alpha value is -1.66. The summed E-state index contributed by atoms with van der Waals surface area (Å²) >= 11 is 6.87. The molecule has 0 aromatic carbocycles. The van der Waals surface area contributed by atoms with Crippen LogP contribution < -0.4 is 5.56 Å². The Kier molecular flexibility index (Phi) is 3.14. The number of fused-ring (bicyclic) bond motifs is 1. The Labute approximate surface area is 124 Å². The second-order valence-corrected chi connectivity index (χ2v) is 6.43. The first-order chi connectivity index (χ1) is 9.47. The van der Waals surface area contributed by atoms with Gasteiger partial charge in [0.15, 0.2) is 4.77 Å². The molecular weight excluding hydrogens is 292 g/mol. The van der Waals surface area contributed by atoms with Gasteiger partial charge in [-0.05, 0) is 50.7 Å². The van der Waals surface area contributed by atoms with Crippen LogP contribution in [0.4, 0.5) is 0 Å². The van der Waals surface area contributed by atoms with Crippen LogP contribution in [0.25, 0.3) is 10.2 Å². The molecule has 104 valence electrons. The summed E-state index contributed by atoms with van der Waals surface area (Å²) in [4.78, 5) is 17.8. The fourth-order valence-electron chi connectivity index (χ4n) is 2.23. The van der Waals surface area contributed by atoms with E-state index >= 15 is 0 Å². The van der Waals surface area contributed by atoms with E-state index in [0.29, 0.717) is 11.3 Å². The van der Waals surface area contributed by atoms with Crippen molar-refractivity contribution in [1.29, 1.82) is 0 Å². The monoisotopic (exact) mass is 306 g/mol. The van der Waals surface area contributed by atoms with Crippen molar-refractivity contribution in [1.82, 2.24) is 9.55 Å². The first-order valence-corrected chi connectivity index (χ1v) is 7.48. The number of rotatable bonds is 2. The minimum Gasteiger partial charge on any atom is -0.464 e. The molecule has 0 aliphatic carbocycles. The number of thiophene rings is 1. The smallest absolute Gasteiger partial charge is 0.263 e. The van der Waals surface area contributed by atoms with Crippen molar-refractivity contribution in [2.24, 2.45) is 0 Å². The standard InChI is InChI=1S/C14H14N2O2S2/c1-7-4-5-10(18-7)6-16-13(17)11-8(2)9(3)20-12(11)15-14(16)19/h4-5H,6H2,1-3H3,(H,15,19). The summed E-state index contributed by atoms with van der Waals surface area (Å²) in [5, 5.41) is 0.726. The highest BCUT2D eigenvalue weighted by atomic mass is 32.1. The summed E-state index contributed by atoms with van der Waals surface area (Å²) in [6.07, 6.45) is 0. The number of aromatic amines is 1. The fourth-order valence-corrected chi connectivity index (χ4v) is 3.60. The lowest BCUT2D eigenvalue weighted by Gasteiger charge is -2.04. The van der Waals surface area contributed by atoms with Gasteiger partial charge < -0.3 is 9.40 Å². The lowest BCUT2D eigenvalue weighted by Crippen LogP contribution is -2.22. The van der Waals surface area contributed by atoms with Crippen molar-refractivity contribution < 1.29 is 4.42 Å². The molecule has 0 unspecified atom stereocenters. The van der Waals surface area contributed by atoms with E-state index in [1.807, 2.05) is 32.9 Å². The molecule has 20 heavy (non-hydrogen) atoms. The molecule has 0 aliphatic heterocycles. The molecule has 3 aromatic heterocycles. The third-order valence-electron chi connectivity index (χ3n) is 3.42. The highest BCUT2D eigenvalue weighted by Gasteiger charge is 2.13. The van der Waals surface area contributed by atoms with Gasteiger partial charge in [0.25, 0.3) is 5.56 Å². The number of aromatic nitrogens is 2. The SMILES string of the molecule is Cc1ccc(Cn2c(=S)[nH]c3sc(C)c(C)c3c2=O)o1. The van der Waals surface area contributed by atoms with Gasteiger partial charge in [0.2, 0.25) is 0 Å². The van der Waals surface area contributed by atoms with Gasteiger partial charge in [0.05, 0.1) is 11.9 Å². The second-order valence-electron chi connectivity index (χ2n) is 4.82. The van der Waals surface area contributed by atoms with Crippen molar-refractivity contribution in [3.05, 3.63) is 49.2 Å². The largest absolute Gasteiger partial charge is 0.464 e. The molecule has 0 atom stereocenters. The topological polar surface area (TPSA) is 50.9 Å². The van der Waals surface area contributed by atoms with Crippen LogP contribution in [0.2, 0.25) is 0 Å². The molecule has 3 heterocycles. The van der Waals surface area contributed by atoms with Gasteiger partial charge in [-0.1, -0.05) is 0 Å². The molecular formula is C14H14N2O2S2. The number of hydrogen-bond donors (Lipinski definition) is 1. The predicted molar refractivity (Wildman–Crippen MR) is 83.3 cm³/mol. The molecule has 6 heteroatoms. The molecule has 4 nitrogen and oxygen atoms in total. The Balaban J connectivity index is 2.23. The van der Waals surface area contributed by atoms with Crippen molar-refractivity contribution in [2.75, 3.05) is 0 Å². The van der Waals surface area contributed by atoms with Gasteiger partial charge in [-0.15, -0.1) is 11.3 Å². The number of nitrogens with zero attached hydrogens (tertiary/aromatic N) is 1. The average molecular weight is 306 g/mol. The lowest BCUT2D eigenvalue weighted by atomic mass is 10.2. The number of aryl methyl sites for hydroxylation is 3. The molecule has 1 N–H and O–H groups in total. The van der Waals surface area contributed by atoms with Crippen LogP contribution in [0.3, 0.4) is 0 Å². The van der Waals surface area contributed by atoms with Gasteiger partial charge in [0.1, 0.15) is 16.4 Å². The minimum atomic E-state index is -0.0559. The molecule has 0 saturated heterocycles. The number of H-pyrrole nitrogens is 1. The maximum absolute atomic E-state index is 12.6. The summed E-state index contributed by atoms with van der Waals surface area (Å²) in [5.74, 6) is 1.56. The summed E-state index contributed by atoms with van der Waals surface area (Å²) in [5.41, 5.74) is 0.963. The molecule has 0 amide bonds. The van der Waals surface area contributed by atoms with Gasteiger partial charge in [-0.3, -0.25) is 9.36 Å². The van der Waals surface area contributed by atoms with Crippen molar-refractivity contribution in [2.45, 2.75) is 27.3 Å². The molecule has 3 rings (SSSR count). The van der Waals surface area contributed by atoms with Crippen LogP contribution in [0.5, 0.6) is 0 Å². The summed E-state index contributed by atoms with van der Waals surface area (Å²) in [6, 6.07) is 3.75. The zero-order valence-corrected chi connectivity index (χ0v) is 13.1. The quantitative estimate of drug-likeness (QED) is 0.735. The van der Waals surface area contributed by atoms with Gasteiger partial charge in [-0.25, -0.2) is 0 Å². The van der Waals surface area contributed by atoms with Crippen LogP contribution in [0.1, 0.15) is 22.0 Å². The lowest BCUT2D eigenvalue weighted by molar-refractivity contribution is 0.465. The van der Waals surface area contributed by atoms with E-state index in [-0.39, 0.29) is 5.56 Å². The fraction of sp³-hybridized carbons (Fsp3) is 0.286. The normalized spacial score (nSPS) is 11.3. The molecule has 0 aliphatic rings. The Morgan fingerprint density at radius 2 is 2.10 bits per heavy atom. The third kappa shape index (κ3) is 2.05. The first kappa shape index (κ1) is 13.3. The van der Waals surface area contributed by atoms with Crippen LogP contribution in [-0.4, -0.2) is 9.55 Å². The minimum absolute atomic E-state index is 0.0559. The Bertz CT molecular complexity index is 912. The molecule has 3 aromatic rings. The summed E-state index contributed by atoms with van der Waals surface area (Å²) in [7, 11) is 0. The second kappa shape index (κ2) is 4.71. The van der Waals surface area contributed by atoms with E-state index in [1.165, 1.54) is 0 Å². The third-order valence-corrected chi connectivity index (χ3v) is 4.87. The Morgan fingerprint density at radius 3 is 2.75 bits per heavy atom. The van der Waals surface area contributed by atoms with Crippen molar-refractivity contribution in [3.8, 4) is 0 Å². The first-order valence-electron chi connectivity index (χ1n) is 6.25. The number of furan rings is 1. The van der Waals surface area contributed by atoms with Crippen molar-refractivity contribution >= 4 is 33.8 Å². The molecule has 0 saturated carbocycles. The maximum Gasteiger partial charge on any atom is 0.263 e. The average Bonchev–Trinajstić information content (AvgIpc) is 2.90. The summed E-state index contributed by atoms with van der Waals surface area (Å²) in [6.45, 7) is 6.21. The predicted octanol–water partition coefficient (Wildman–Crippen LogP) is 3.69. The van der Waals surface area contributed by atoms with Gasteiger partial charge in [-0.2, -0.15) is 0 Å². The highest BCUT2D eigenvalue weighted by molar-refractivity contribution is 7.71. The van der Waals surface area contributed by atoms with E-state index in [1.54, 1.807) is 15.9 Å². The van der Waals surface area contributed by atoms with Crippen LogP contribution in [-0.2, 0) is 6.54 Å².